The van der Waals surface area contributed by atoms with Crippen LogP contribution in [0.5, 0.6) is 0 Å². The molecule has 1 amide bonds. The van der Waals surface area contributed by atoms with Gasteiger partial charge in [0.15, 0.2) is 0 Å². The third-order valence-electron chi connectivity index (χ3n) is 5.03. The number of amides is 1. The molecule has 0 saturated heterocycles. The number of pyridine rings is 1. The second-order valence-corrected chi connectivity index (χ2v) is 7.74. The molecule has 0 radical (unpaired) electrons. The van der Waals surface area contributed by atoms with Gasteiger partial charge in [-0.3, -0.25) is 10.1 Å². The number of guanidine groups is 1. The van der Waals surface area contributed by atoms with E-state index >= 15 is 0 Å². The fraction of sp³-hybridized carbons (Fsp3) is 0.208. The maximum absolute atomic E-state index is 12.4. The summed E-state index contributed by atoms with van der Waals surface area (Å²) < 4.78 is 0. The monoisotopic (exact) mass is 414 g/mol. The van der Waals surface area contributed by atoms with Gasteiger partial charge in [0.2, 0.25) is 5.96 Å². The molecule has 0 bridgehead atoms. The van der Waals surface area contributed by atoms with Crippen LogP contribution in [0.25, 0.3) is 17.0 Å². The van der Waals surface area contributed by atoms with Crippen LogP contribution in [-0.2, 0) is 4.79 Å². The number of rotatable bonds is 6. The molecule has 7 heteroatoms. The molecule has 1 aliphatic heterocycles. The first-order valence-electron chi connectivity index (χ1n) is 10.2. The molecule has 2 aromatic carbocycles. The van der Waals surface area contributed by atoms with Crippen molar-refractivity contribution in [1.82, 2.24) is 15.2 Å². The van der Waals surface area contributed by atoms with Gasteiger partial charge in [-0.1, -0.05) is 36.4 Å². The van der Waals surface area contributed by atoms with E-state index in [9.17, 15) is 4.79 Å². The lowest BCUT2D eigenvalue weighted by Gasteiger charge is -2.22. The number of para-hydroxylation sites is 2. The summed E-state index contributed by atoms with van der Waals surface area (Å²) in [4.78, 5) is 26.0. The van der Waals surface area contributed by atoms with Crippen LogP contribution in [0.15, 0.2) is 71.4 Å². The van der Waals surface area contributed by atoms with Gasteiger partial charge in [0.05, 0.1) is 16.9 Å². The van der Waals surface area contributed by atoms with Gasteiger partial charge in [0.25, 0.3) is 5.91 Å². The number of nitrogens with zero attached hydrogens (tertiary/aromatic N) is 4. The van der Waals surface area contributed by atoms with Gasteiger partial charge < -0.3 is 15.1 Å². The Morgan fingerprint density at radius 3 is 2.55 bits per heavy atom. The molecule has 1 aliphatic rings. The first kappa shape index (κ1) is 20.6. The minimum absolute atomic E-state index is 0.253. The van der Waals surface area contributed by atoms with E-state index in [2.05, 4.69) is 52.6 Å². The number of hydrogen-bond donors (Lipinski definition) is 2. The highest BCUT2D eigenvalue weighted by molar-refractivity contribution is 6.17. The van der Waals surface area contributed by atoms with E-state index < -0.39 is 0 Å². The van der Waals surface area contributed by atoms with Crippen molar-refractivity contribution >= 4 is 40.2 Å². The van der Waals surface area contributed by atoms with Crippen molar-refractivity contribution < 1.29 is 4.79 Å². The number of hydrogen-bond acceptors (Lipinski definition) is 6. The first-order chi connectivity index (χ1) is 15.0. The Balaban J connectivity index is 1.61. The number of benzene rings is 2. The number of carbonyl (C=O) groups is 1. The fourth-order valence-corrected chi connectivity index (χ4v) is 3.33. The predicted octanol–water partition coefficient (Wildman–Crippen LogP) is 3.17. The topological polar surface area (TPSA) is 72.9 Å². The molecule has 0 fully saturated rings. The smallest absolute Gasteiger partial charge is 0.276 e. The summed E-state index contributed by atoms with van der Waals surface area (Å²) in [6.07, 6.45) is 1.71. The van der Waals surface area contributed by atoms with Gasteiger partial charge in [-0.05, 0) is 44.4 Å². The zero-order chi connectivity index (χ0) is 21.8. The van der Waals surface area contributed by atoms with Gasteiger partial charge in [-0.25, -0.2) is 9.98 Å². The number of nitrogens with one attached hydrogen (secondary N) is 2. The van der Waals surface area contributed by atoms with E-state index in [0.29, 0.717) is 17.4 Å². The molecule has 1 aromatic heterocycles. The van der Waals surface area contributed by atoms with E-state index in [0.717, 1.165) is 35.4 Å². The van der Waals surface area contributed by atoms with E-state index in [1.165, 1.54) is 0 Å². The summed E-state index contributed by atoms with van der Waals surface area (Å²) in [6, 6.07) is 19.7. The number of anilines is 2. The number of carbonyl (C=O) groups excluding carboxylic acids is 1. The molecule has 2 N–H and O–H groups in total. The Morgan fingerprint density at radius 2 is 1.77 bits per heavy atom. The quantitative estimate of drug-likeness (QED) is 0.606. The third-order valence-corrected chi connectivity index (χ3v) is 5.03. The minimum Gasteiger partial charge on any atom is -0.372 e. The van der Waals surface area contributed by atoms with E-state index in [1.807, 2.05) is 54.6 Å². The lowest BCUT2D eigenvalue weighted by Crippen LogP contribution is -2.29. The van der Waals surface area contributed by atoms with Gasteiger partial charge in [-0.2, -0.15) is 0 Å². The van der Waals surface area contributed by atoms with Crippen molar-refractivity contribution in [2.75, 3.05) is 44.4 Å². The standard InChI is InChI=1S/C24H26N6O/c1-29(2)14-15-30(3)21-11-7-8-17-12-13-19(25-22(17)21)16-20-23(31)28-24(27-20)26-18-9-5-4-6-10-18/h4-13,16H,14-15H2,1-3H3,(H2,26,27,28,31). The average Bonchev–Trinajstić information content (AvgIpc) is 3.10. The summed E-state index contributed by atoms with van der Waals surface area (Å²) in [6.45, 7) is 1.84. The highest BCUT2D eigenvalue weighted by atomic mass is 16.2. The second-order valence-electron chi connectivity index (χ2n) is 7.74. The van der Waals surface area contributed by atoms with Crippen molar-refractivity contribution in [3.05, 3.63) is 72.1 Å². The molecule has 7 nitrogen and oxygen atoms in total. The van der Waals surface area contributed by atoms with Crippen LogP contribution >= 0.6 is 0 Å². The predicted molar refractivity (Wildman–Crippen MR) is 127 cm³/mol. The average molecular weight is 415 g/mol. The van der Waals surface area contributed by atoms with E-state index in [4.69, 9.17) is 4.98 Å². The lowest BCUT2D eigenvalue weighted by atomic mass is 10.1. The molecule has 2 heterocycles. The molecule has 3 aromatic rings. The lowest BCUT2D eigenvalue weighted by molar-refractivity contribution is -0.115. The van der Waals surface area contributed by atoms with Crippen molar-refractivity contribution in [2.45, 2.75) is 0 Å². The number of likely N-dealkylation sites (N-methyl/N-ethyl adjacent to an activating group) is 2. The molecule has 0 spiro atoms. The molecule has 0 atom stereocenters. The Bertz CT molecular complexity index is 1150. The van der Waals surface area contributed by atoms with Crippen LogP contribution in [0.4, 0.5) is 11.4 Å². The SMILES string of the molecule is CN(C)CCN(C)c1cccc2ccc(C=C3N=C(Nc4ccccc4)NC3=O)nc12. The second kappa shape index (κ2) is 8.97. The normalized spacial score (nSPS) is 14.8. The van der Waals surface area contributed by atoms with Crippen molar-refractivity contribution in [1.29, 1.82) is 0 Å². The zero-order valence-electron chi connectivity index (χ0n) is 18.0. The van der Waals surface area contributed by atoms with Gasteiger partial charge in [-0.15, -0.1) is 0 Å². The van der Waals surface area contributed by atoms with Crippen LogP contribution in [0, 0.1) is 0 Å². The third kappa shape index (κ3) is 4.90. The molecule has 0 unspecified atom stereocenters. The largest absolute Gasteiger partial charge is 0.372 e. The molecule has 0 saturated carbocycles. The van der Waals surface area contributed by atoms with Gasteiger partial charge in [0, 0.05) is 31.2 Å². The molecule has 0 aliphatic carbocycles. The number of fused-ring (bicyclic) bond motifs is 1. The van der Waals surface area contributed by atoms with Crippen LogP contribution in [-0.4, -0.2) is 56.0 Å². The Morgan fingerprint density at radius 1 is 0.968 bits per heavy atom. The maximum Gasteiger partial charge on any atom is 0.276 e. The Kier molecular flexibility index (Phi) is 5.95. The van der Waals surface area contributed by atoms with Crippen LogP contribution in [0.2, 0.25) is 0 Å². The van der Waals surface area contributed by atoms with Crippen LogP contribution in [0.1, 0.15) is 5.69 Å². The van der Waals surface area contributed by atoms with Gasteiger partial charge >= 0.3 is 0 Å². The Labute approximate surface area is 182 Å². The summed E-state index contributed by atoms with van der Waals surface area (Å²) >= 11 is 0. The zero-order valence-corrected chi connectivity index (χ0v) is 18.0. The van der Waals surface area contributed by atoms with Crippen LogP contribution in [0.3, 0.4) is 0 Å². The van der Waals surface area contributed by atoms with Crippen LogP contribution < -0.4 is 15.5 Å². The van der Waals surface area contributed by atoms with Crippen molar-refractivity contribution in [3.63, 3.8) is 0 Å². The van der Waals surface area contributed by atoms with Gasteiger partial charge in [0.1, 0.15) is 5.70 Å². The highest BCUT2D eigenvalue weighted by Crippen LogP contribution is 2.25. The molecular formula is C24H26N6O. The Hall–Kier alpha value is -3.71. The summed E-state index contributed by atoms with van der Waals surface area (Å²) in [5.41, 5.74) is 3.84. The molecule has 4 rings (SSSR count). The van der Waals surface area contributed by atoms with E-state index in [1.54, 1.807) is 6.08 Å². The molecule has 158 valence electrons. The molecule has 31 heavy (non-hydrogen) atoms. The molecular weight excluding hydrogens is 388 g/mol. The summed E-state index contributed by atoms with van der Waals surface area (Å²) in [5.74, 6) is 0.157. The maximum atomic E-state index is 12.4. The minimum atomic E-state index is -0.253. The fourth-order valence-electron chi connectivity index (χ4n) is 3.33. The number of aliphatic imine (C=N–C) groups is 1. The van der Waals surface area contributed by atoms with Crippen molar-refractivity contribution in [3.8, 4) is 0 Å². The number of aromatic nitrogens is 1. The van der Waals surface area contributed by atoms with Crippen molar-refractivity contribution in [2.24, 2.45) is 4.99 Å². The first-order valence-corrected chi connectivity index (χ1v) is 10.2. The summed E-state index contributed by atoms with van der Waals surface area (Å²) in [5, 5.41) is 6.93. The highest BCUT2D eigenvalue weighted by Gasteiger charge is 2.20. The summed E-state index contributed by atoms with van der Waals surface area (Å²) in [7, 11) is 6.20. The van der Waals surface area contributed by atoms with E-state index in [-0.39, 0.29) is 5.91 Å².